The van der Waals surface area contributed by atoms with E-state index in [1.807, 2.05) is 35.2 Å². The number of ether oxygens (including phenoxy) is 2. The summed E-state index contributed by atoms with van der Waals surface area (Å²) in [5.41, 5.74) is 2.27. The number of likely N-dealkylation sites (tertiary alicyclic amines) is 1. The molecule has 0 radical (unpaired) electrons. The average Bonchev–Trinajstić information content (AvgIpc) is 3.31. The van der Waals surface area contributed by atoms with Crippen LogP contribution in [0.3, 0.4) is 0 Å². The first kappa shape index (κ1) is 15.7. The van der Waals surface area contributed by atoms with E-state index in [2.05, 4.69) is 10.3 Å². The van der Waals surface area contributed by atoms with Gasteiger partial charge in [-0.3, -0.25) is 4.98 Å². The van der Waals surface area contributed by atoms with Gasteiger partial charge >= 0.3 is 6.03 Å². The van der Waals surface area contributed by atoms with Crippen molar-refractivity contribution in [2.24, 2.45) is 0 Å². The highest BCUT2D eigenvalue weighted by Crippen LogP contribution is 2.33. The second kappa shape index (κ2) is 7.01. The van der Waals surface area contributed by atoms with E-state index in [0.29, 0.717) is 6.54 Å². The Labute approximate surface area is 146 Å². The minimum Gasteiger partial charge on any atom is -0.454 e. The number of fused-ring (bicyclic) bond motifs is 1. The van der Waals surface area contributed by atoms with Gasteiger partial charge in [-0.1, -0.05) is 6.07 Å². The molecule has 1 atom stereocenters. The maximum absolute atomic E-state index is 12.6. The smallest absolute Gasteiger partial charge is 0.317 e. The lowest BCUT2D eigenvalue weighted by molar-refractivity contribution is 0.174. The van der Waals surface area contributed by atoms with Gasteiger partial charge in [0.2, 0.25) is 6.79 Å². The average molecular weight is 339 g/mol. The van der Waals surface area contributed by atoms with E-state index in [-0.39, 0.29) is 18.9 Å². The second-order valence-electron chi connectivity index (χ2n) is 6.30. The summed E-state index contributed by atoms with van der Waals surface area (Å²) in [6, 6.07) is 10.0. The summed E-state index contributed by atoms with van der Waals surface area (Å²) in [5.74, 6) is 1.56. The number of carbonyl (C=O) groups excluding carboxylic acids is 1. The molecule has 1 fully saturated rings. The van der Waals surface area contributed by atoms with Gasteiger partial charge in [-0.15, -0.1) is 0 Å². The van der Waals surface area contributed by atoms with Crippen molar-refractivity contribution in [2.75, 3.05) is 19.9 Å². The molecule has 0 aliphatic carbocycles. The van der Waals surface area contributed by atoms with Crippen molar-refractivity contribution >= 4 is 6.03 Å². The molecule has 2 aromatic rings. The fraction of sp³-hybridized carbons (Fsp3) is 0.368. The van der Waals surface area contributed by atoms with Gasteiger partial charge < -0.3 is 19.7 Å². The molecule has 0 spiro atoms. The molecule has 2 aliphatic heterocycles. The molecule has 1 aromatic heterocycles. The van der Waals surface area contributed by atoms with E-state index in [4.69, 9.17) is 9.47 Å². The summed E-state index contributed by atoms with van der Waals surface area (Å²) in [6.45, 7) is 1.67. The Morgan fingerprint density at radius 3 is 2.92 bits per heavy atom. The quantitative estimate of drug-likeness (QED) is 0.930. The minimum atomic E-state index is 0.0000515. The van der Waals surface area contributed by atoms with Crippen LogP contribution in [0.15, 0.2) is 42.7 Å². The third kappa shape index (κ3) is 3.38. The molecule has 2 aliphatic rings. The Hall–Kier alpha value is -2.76. The number of urea groups is 1. The molecule has 2 amide bonds. The maximum atomic E-state index is 12.6. The van der Waals surface area contributed by atoms with Crippen LogP contribution in [0.5, 0.6) is 11.5 Å². The third-order valence-electron chi connectivity index (χ3n) is 4.73. The Kier molecular flexibility index (Phi) is 4.41. The predicted molar refractivity (Wildman–Crippen MR) is 92.6 cm³/mol. The number of hydrogen-bond acceptors (Lipinski definition) is 4. The first-order chi connectivity index (χ1) is 12.3. The fourth-order valence-corrected chi connectivity index (χ4v) is 3.45. The summed E-state index contributed by atoms with van der Waals surface area (Å²) in [5, 5.41) is 3.04. The van der Waals surface area contributed by atoms with Gasteiger partial charge in [0, 0.05) is 25.5 Å². The predicted octanol–water partition coefficient (Wildman–Crippen LogP) is 2.90. The first-order valence-corrected chi connectivity index (χ1v) is 8.64. The molecular weight excluding hydrogens is 318 g/mol. The Bertz CT molecular complexity index is 751. The number of pyridine rings is 1. The van der Waals surface area contributed by atoms with Crippen molar-refractivity contribution in [3.8, 4) is 11.5 Å². The number of aromatic nitrogens is 1. The van der Waals surface area contributed by atoms with E-state index >= 15 is 0 Å². The molecule has 6 nitrogen and oxygen atoms in total. The number of nitrogens with one attached hydrogen (secondary N) is 1. The Morgan fingerprint density at radius 2 is 2.04 bits per heavy atom. The number of hydrogen-bond donors (Lipinski definition) is 1. The third-order valence-corrected chi connectivity index (χ3v) is 4.73. The Morgan fingerprint density at radius 1 is 1.20 bits per heavy atom. The van der Waals surface area contributed by atoms with E-state index < -0.39 is 0 Å². The van der Waals surface area contributed by atoms with Crippen molar-refractivity contribution in [2.45, 2.75) is 25.3 Å². The highest BCUT2D eigenvalue weighted by atomic mass is 16.7. The summed E-state index contributed by atoms with van der Waals surface area (Å²) < 4.78 is 10.7. The lowest BCUT2D eigenvalue weighted by atomic mass is 10.1. The van der Waals surface area contributed by atoms with E-state index in [1.165, 1.54) is 0 Å². The largest absolute Gasteiger partial charge is 0.454 e. The minimum absolute atomic E-state index is 0.0000515. The van der Waals surface area contributed by atoms with Crippen LogP contribution in [0.25, 0.3) is 0 Å². The first-order valence-electron chi connectivity index (χ1n) is 8.64. The molecule has 0 unspecified atom stereocenters. The number of nitrogens with zero attached hydrogens (tertiary/aromatic N) is 2. The standard InChI is InChI=1S/C19H21N3O3/c23-19(22-11-1-2-16(22)15-6-8-20-9-7-15)21-10-5-14-3-4-17-18(12-14)25-13-24-17/h3-4,6-9,12,16H,1-2,5,10-11,13H2,(H,21,23)/t16-/m1/s1. The molecule has 3 heterocycles. The van der Waals surface area contributed by atoms with E-state index in [9.17, 15) is 4.79 Å². The van der Waals surface area contributed by atoms with Crippen LogP contribution in [0.2, 0.25) is 0 Å². The lowest BCUT2D eigenvalue weighted by Crippen LogP contribution is -2.40. The van der Waals surface area contributed by atoms with Crippen LogP contribution in [0.1, 0.15) is 30.0 Å². The van der Waals surface area contributed by atoms with Crippen LogP contribution in [-0.2, 0) is 6.42 Å². The van der Waals surface area contributed by atoms with Crippen molar-refractivity contribution in [1.29, 1.82) is 0 Å². The molecule has 0 bridgehead atoms. The van der Waals surface area contributed by atoms with Crippen LogP contribution in [-0.4, -0.2) is 35.8 Å². The van der Waals surface area contributed by atoms with Gasteiger partial charge in [0.15, 0.2) is 11.5 Å². The summed E-state index contributed by atoms with van der Waals surface area (Å²) in [7, 11) is 0. The Balaban J connectivity index is 1.33. The van der Waals surface area contributed by atoms with Crippen molar-refractivity contribution < 1.29 is 14.3 Å². The van der Waals surface area contributed by atoms with Gasteiger partial charge in [-0.2, -0.15) is 0 Å². The monoisotopic (exact) mass is 339 g/mol. The van der Waals surface area contributed by atoms with E-state index in [1.54, 1.807) is 12.4 Å². The molecular formula is C19H21N3O3. The van der Waals surface area contributed by atoms with Gasteiger partial charge in [0.1, 0.15) is 0 Å². The molecule has 130 valence electrons. The summed E-state index contributed by atoms with van der Waals surface area (Å²) in [4.78, 5) is 18.5. The summed E-state index contributed by atoms with van der Waals surface area (Å²) in [6.07, 6.45) is 6.35. The zero-order valence-electron chi connectivity index (χ0n) is 14.0. The second-order valence-corrected chi connectivity index (χ2v) is 6.30. The molecule has 4 rings (SSSR count). The normalized spacial score (nSPS) is 18.4. The van der Waals surface area contributed by atoms with Crippen molar-refractivity contribution in [1.82, 2.24) is 15.2 Å². The molecule has 1 aromatic carbocycles. The molecule has 1 saturated heterocycles. The van der Waals surface area contributed by atoms with Crippen LogP contribution >= 0.6 is 0 Å². The molecule has 25 heavy (non-hydrogen) atoms. The van der Waals surface area contributed by atoms with Gasteiger partial charge in [-0.25, -0.2) is 4.79 Å². The zero-order valence-corrected chi connectivity index (χ0v) is 14.0. The van der Waals surface area contributed by atoms with Crippen LogP contribution in [0.4, 0.5) is 4.79 Å². The number of benzene rings is 1. The number of carbonyl (C=O) groups is 1. The van der Waals surface area contributed by atoms with Crippen LogP contribution in [0, 0.1) is 0 Å². The van der Waals surface area contributed by atoms with Gasteiger partial charge in [-0.05, 0) is 54.7 Å². The molecule has 0 saturated carbocycles. The number of rotatable bonds is 4. The van der Waals surface area contributed by atoms with Gasteiger partial charge in [0.25, 0.3) is 0 Å². The maximum Gasteiger partial charge on any atom is 0.317 e. The zero-order chi connectivity index (χ0) is 17.1. The van der Waals surface area contributed by atoms with Crippen LogP contribution < -0.4 is 14.8 Å². The fourth-order valence-electron chi connectivity index (χ4n) is 3.45. The molecule has 1 N–H and O–H groups in total. The number of amides is 2. The lowest BCUT2D eigenvalue weighted by Gasteiger charge is -2.25. The van der Waals surface area contributed by atoms with E-state index in [0.717, 1.165) is 48.4 Å². The SMILES string of the molecule is O=C(NCCc1ccc2c(c1)OCO2)N1CCC[C@@H]1c1ccncc1. The van der Waals surface area contributed by atoms with Crippen molar-refractivity contribution in [3.63, 3.8) is 0 Å². The molecule has 6 heteroatoms. The topological polar surface area (TPSA) is 63.7 Å². The van der Waals surface area contributed by atoms with Crippen molar-refractivity contribution in [3.05, 3.63) is 53.9 Å². The van der Waals surface area contributed by atoms with Gasteiger partial charge in [0.05, 0.1) is 6.04 Å². The highest BCUT2D eigenvalue weighted by molar-refractivity contribution is 5.75. The highest BCUT2D eigenvalue weighted by Gasteiger charge is 2.29. The summed E-state index contributed by atoms with van der Waals surface area (Å²) >= 11 is 0.